The van der Waals surface area contributed by atoms with E-state index in [4.69, 9.17) is 16.3 Å². The number of carbonyl (C=O) groups is 1. The number of hydrogen-bond acceptors (Lipinski definition) is 4. The van der Waals surface area contributed by atoms with Crippen molar-refractivity contribution >= 4 is 28.9 Å². The first kappa shape index (κ1) is 13.1. The molecule has 0 atom stereocenters. The molecule has 0 bridgehead atoms. The second kappa shape index (κ2) is 5.98. The molecule has 0 unspecified atom stereocenters. The van der Waals surface area contributed by atoms with E-state index >= 15 is 0 Å². The maximum atomic E-state index is 11.9. The zero-order valence-corrected chi connectivity index (χ0v) is 11.4. The van der Waals surface area contributed by atoms with Crippen molar-refractivity contribution in [3.63, 3.8) is 0 Å². The number of aromatic nitrogens is 1. The highest BCUT2D eigenvalue weighted by Crippen LogP contribution is 2.31. The highest BCUT2D eigenvalue weighted by Gasteiger charge is 2.19. The Kier molecular flexibility index (Phi) is 4.33. The number of nitrogens with zero attached hydrogens (tertiary/aromatic N) is 1. The van der Waals surface area contributed by atoms with Crippen LogP contribution in [0.5, 0.6) is 0 Å². The van der Waals surface area contributed by atoms with E-state index in [2.05, 4.69) is 4.98 Å². The number of hydrogen-bond donors (Lipinski definition) is 0. The fourth-order valence-corrected chi connectivity index (χ4v) is 2.51. The minimum atomic E-state index is -0.361. The number of benzene rings is 1. The minimum Gasteiger partial charge on any atom is -0.461 e. The molecule has 18 heavy (non-hydrogen) atoms. The van der Waals surface area contributed by atoms with Gasteiger partial charge in [-0.1, -0.05) is 60.2 Å². The van der Waals surface area contributed by atoms with Crippen LogP contribution in [0.15, 0.2) is 30.3 Å². The van der Waals surface area contributed by atoms with E-state index in [1.807, 2.05) is 37.3 Å². The van der Waals surface area contributed by atoms with E-state index in [0.717, 1.165) is 23.3 Å². The van der Waals surface area contributed by atoms with Gasteiger partial charge in [0.2, 0.25) is 0 Å². The van der Waals surface area contributed by atoms with Gasteiger partial charge >= 0.3 is 5.97 Å². The molecule has 0 radical (unpaired) electrons. The highest BCUT2D eigenvalue weighted by atomic mass is 35.5. The largest absolute Gasteiger partial charge is 0.461 e. The summed E-state index contributed by atoms with van der Waals surface area (Å²) >= 11 is 7.04. The number of esters is 1. The fourth-order valence-electron chi connectivity index (χ4n) is 1.48. The minimum absolute atomic E-state index is 0.345. The Morgan fingerprint density at radius 2 is 2.11 bits per heavy atom. The molecule has 0 saturated heterocycles. The molecule has 2 aromatic rings. The summed E-state index contributed by atoms with van der Waals surface area (Å²) < 4.78 is 5.47. The van der Waals surface area contributed by atoms with Crippen molar-refractivity contribution in [3.8, 4) is 11.3 Å². The summed E-state index contributed by atoms with van der Waals surface area (Å²) in [4.78, 5) is 16.6. The maximum absolute atomic E-state index is 11.9. The third kappa shape index (κ3) is 2.89. The smallest absolute Gasteiger partial charge is 0.350 e. The van der Waals surface area contributed by atoms with Gasteiger partial charge in [0, 0.05) is 5.56 Å². The maximum Gasteiger partial charge on any atom is 0.350 e. The molecule has 0 aliphatic heterocycles. The van der Waals surface area contributed by atoms with Crippen LogP contribution in [0.25, 0.3) is 11.3 Å². The predicted octanol–water partition coefficient (Wildman–Crippen LogP) is 4.03. The Bertz CT molecular complexity index is 539. The Morgan fingerprint density at radius 1 is 1.39 bits per heavy atom. The number of ether oxygens (including phenoxy) is 1. The summed E-state index contributed by atoms with van der Waals surface area (Å²) in [6.07, 6.45) is 0.791. The summed E-state index contributed by atoms with van der Waals surface area (Å²) in [6.45, 7) is 2.35. The summed E-state index contributed by atoms with van der Waals surface area (Å²) in [5.41, 5.74) is 1.45. The summed E-state index contributed by atoms with van der Waals surface area (Å²) in [7, 11) is 0. The summed E-state index contributed by atoms with van der Waals surface area (Å²) in [5, 5.41) is 0. The van der Waals surface area contributed by atoms with Crippen LogP contribution in [0, 0.1) is 0 Å². The molecule has 1 aromatic heterocycles. The number of halogens is 1. The van der Waals surface area contributed by atoms with Gasteiger partial charge in [0.25, 0.3) is 0 Å². The van der Waals surface area contributed by atoms with Crippen molar-refractivity contribution in [2.45, 2.75) is 13.3 Å². The molecule has 0 aliphatic carbocycles. The van der Waals surface area contributed by atoms with Crippen LogP contribution >= 0.6 is 22.9 Å². The van der Waals surface area contributed by atoms with E-state index in [0.29, 0.717) is 21.6 Å². The SMILES string of the molecule is CCCOC(=O)c1sc(Cl)nc1-c1ccccc1. The lowest BCUT2D eigenvalue weighted by Gasteiger charge is -2.03. The summed E-state index contributed by atoms with van der Waals surface area (Å²) in [6, 6.07) is 9.48. The molecule has 1 heterocycles. The fraction of sp³-hybridized carbons (Fsp3) is 0.231. The monoisotopic (exact) mass is 281 g/mol. The first-order chi connectivity index (χ1) is 8.72. The van der Waals surface area contributed by atoms with Gasteiger partial charge in [-0.3, -0.25) is 0 Å². The number of rotatable bonds is 4. The van der Waals surface area contributed by atoms with Gasteiger partial charge in [-0.25, -0.2) is 9.78 Å². The van der Waals surface area contributed by atoms with Gasteiger partial charge < -0.3 is 4.74 Å². The molecule has 0 spiro atoms. The van der Waals surface area contributed by atoms with Crippen molar-refractivity contribution in [2.75, 3.05) is 6.61 Å². The molecule has 3 nitrogen and oxygen atoms in total. The molecule has 0 saturated carbocycles. The van der Waals surface area contributed by atoms with Gasteiger partial charge in [-0.15, -0.1) is 0 Å². The van der Waals surface area contributed by atoms with Gasteiger partial charge in [0.05, 0.1) is 12.3 Å². The molecule has 0 amide bonds. The summed E-state index contributed by atoms with van der Waals surface area (Å²) in [5.74, 6) is -0.361. The van der Waals surface area contributed by atoms with Crippen molar-refractivity contribution in [1.82, 2.24) is 4.98 Å². The van der Waals surface area contributed by atoms with E-state index in [1.165, 1.54) is 0 Å². The zero-order chi connectivity index (χ0) is 13.0. The third-order valence-corrected chi connectivity index (χ3v) is 3.41. The third-order valence-electron chi connectivity index (χ3n) is 2.27. The van der Waals surface area contributed by atoms with Gasteiger partial charge in [0.1, 0.15) is 4.88 Å². The van der Waals surface area contributed by atoms with E-state index < -0.39 is 0 Å². The van der Waals surface area contributed by atoms with Crippen LogP contribution in [0.1, 0.15) is 23.0 Å². The standard InChI is InChI=1S/C13H12ClNO2S/c1-2-8-17-12(16)11-10(15-13(14)18-11)9-6-4-3-5-7-9/h3-7H,2,8H2,1H3. The van der Waals surface area contributed by atoms with Crippen molar-refractivity contribution in [2.24, 2.45) is 0 Å². The average molecular weight is 282 g/mol. The van der Waals surface area contributed by atoms with Crippen molar-refractivity contribution < 1.29 is 9.53 Å². The Morgan fingerprint density at radius 3 is 2.78 bits per heavy atom. The van der Waals surface area contributed by atoms with Crippen LogP contribution in [0.2, 0.25) is 4.47 Å². The topological polar surface area (TPSA) is 39.2 Å². The van der Waals surface area contributed by atoms with E-state index in [-0.39, 0.29) is 5.97 Å². The number of thiazole rings is 1. The lowest BCUT2D eigenvalue weighted by molar-refractivity contribution is 0.0511. The molecule has 0 N–H and O–H groups in total. The molecular weight excluding hydrogens is 270 g/mol. The van der Waals surface area contributed by atoms with Crippen molar-refractivity contribution in [1.29, 1.82) is 0 Å². The van der Waals surface area contributed by atoms with Gasteiger partial charge in [0.15, 0.2) is 4.47 Å². The molecular formula is C13H12ClNO2S. The molecule has 2 rings (SSSR count). The molecule has 5 heteroatoms. The Hall–Kier alpha value is -1.39. The van der Waals surface area contributed by atoms with Gasteiger partial charge in [-0.2, -0.15) is 0 Å². The van der Waals surface area contributed by atoms with E-state index in [9.17, 15) is 4.79 Å². The lowest BCUT2D eigenvalue weighted by Crippen LogP contribution is -2.05. The van der Waals surface area contributed by atoms with E-state index in [1.54, 1.807) is 0 Å². The quantitative estimate of drug-likeness (QED) is 0.794. The van der Waals surface area contributed by atoms with Crippen LogP contribution in [0.3, 0.4) is 0 Å². The average Bonchev–Trinajstić information content (AvgIpc) is 2.79. The number of carbonyl (C=O) groups excluding carboxylic acids is 1. The normalized spacial score (nSPS) is 10.3. The molecule has 0 fully saturated rings. The first-order valence-electron chi connectivity index (χ1n) is 5.61. The first-order valence-corrected chi connectivity index (χ1v) is 6.80. The van der Waals surface area contributed by atoms with Crippen LogP contribution in [-0.4, -0.2) is 17.6 Å². The van der Waals surface area contributed by atoms with Crippen molar-refractivity contribution in [3.05, 3.63) is 39.7 Å². The highest BCUT2D eigenvalue weighted by molar-refractivity contribution is 7.17. The Balaban J connectivity index is 2.34. The van der Waals surface area contributed by atoms with Gasteiger partial charge in [-0.05, 0) is 6.42 Å². The molecule has 94 valence electrons. The molecule has 1 aromatic carbocycles. The molecule has 0 aliphatic rings. The predicted molar refractivity (Wildman–Crippen MR) is 73.1 cm³/mol. The zero-order valence-electron chi connectivity index (χ0n) is 9.85. The second-order valence-corrected chi connectivity index (χ2v) is 5.23. The Labute approximate surface area is 114 Å². The van der Waals surface area contributed by atoms with Crippen LogP contribution in [0.4, 0.5) is 0 Å². The van der Waals surface area contributed by atoms with Crippen LogP contribution < -0.4 is 0 Å². The lowest BCUT2D eigenvalue weighted by atomic mass is 10.1. The second-order valence-electron chi connectivity index (χ2n) is 3.65. The van der Waals surface area contributed by atoms with Crippen LogP contribution in [-0.2, 0) is 4.74 Å².